The predicted molar refractivity (Wildman–Crippen MR) is 59.8 cm³/mol. The number of rotatable bonds is 2. The average molecular weight is 190 g/mol. The third kappa shape index (κ3) is 1.99. The molecule has 0 atom stereocenters. The Morgan fingerprint density at radius 3 is 2.86 bits per heavy atom. The van der Waals surface area contributed by atoms with E-state index in [2.05, 4.69) is 16.7 Å². The Kier molecular flexibility index (Phi) is 3.40. The number of aryl methyl sites for hydroxylation is 1. The fourth-order valence-electron chi connectivity index (χ4n) is 1.31. The lowest BCUT2D eigenvalue weighted by Crippen LogP contribution is -2.35. The van der Waals surface area contributed by atoms with Crippen LogP contribution in [0.3, 0.4) is 0 Å². The van der Waals surface area contributed by atoms with Crippen molar-refractivity contribution in [2.24, 2.45) is 4.99 Å². The summed E-state index contributed by atoms with van der Waals surface area (Å²) in [5, 5.41) is 1.69. The molecule has 3 nitrogen and oxygen atoms in total. The molecule has 0 amide bonds. The maximum atomic E-state index is 11.5. The molecule has 0 aliphatic carbocycles. The minimum atomic E-state index is -0.0481. The first-order valence-electron chi connectivity index (χ1n) is 4.57. The van der Waals surface area contributed by atoms with E-state index < -0.39 is 0 Å². The van der Waals surface area contributed by atoms with Crippen molar-refractivity contribution in [3.63, 3.8) is 0 Å². The van der Waals surface area contributed by atoms with Gasteiger partial charge in [-0.15, -0.1) is 0 Å². The molecular formula is C11H14N2O. The van der Waals surface area contributed by atoms with Crippen molar-refractivity contribution in [1.29, 1.82) is 0 Å². The van der Waals surface area contributed by atoms with Crippen LogP contribution in [-0.4, -0.2) is 11.7 Å². The van der Waals surface area contributed by atoms with E-state index in [0.717, 1.165) is 17.2 Å². The molecule has 0 fully saturated rings. The molecule has 1 aromatic heterocycles. The first-order valence-corrected chi connectivity index (χ1v) is 4.57. The molecule has 14 heavy (non-hydrogen) atoms. The lowest BCUT2D eigenvalue weighted by molar-refractivity contribution is 1.03. The van der Waals surface area contributed by atoms with Crippen LogP contribution < -0.4 is 16.1 Å². The van der Waals surface area contributed by atoms with Crippen molar-refractivity contribution in [2.75, 3.05) is 0 Å². The summed E-state index contributed by atoms with van der Waals surface area (Å²) < 4.78 is 0. The summed E-state index contributed by atoms with van der Waals surface area (Å²) in [6.07, 6.45) is 4.22. The summed E-state index contributed by atoms with van der Waals surface area (Å²) in [4.78, 5) is 17.9. The van der Waals surface area contributed by atoms with Gasteiger partial charge in [-0.05, 0) is 31.3 Å². The van der Waals surface area contributed by atoms with E-state index >= 15 is 0 Å². The Bertz CT molecular complexity index is 497. The fraction of sp³-hybridized carbons (Fsp3) is 0.273. The molecule has 0 radical (unpaired) electrons. The molecule has 0 bridgehead atoms. The predicted octanol–water partition coefficient (Wildman–Crippen LogP) is 0.176. The zero-order chi connectivity index (χ0) is 10.6. The van der Waals surface area contributed by atoms with Crippen molar-refractivity contribution in [3.05, 3.63) is 32.6 Å². The molecule has 1 aromatic rings. The molecule has 1 rings (SSSR count). The number of nitrogens with zero attached hydrogens (tertiary/aromatic N) is 1. The van der Waals surface area contributed by atoms with Crippen molar-refractivity contribution in [2.45, 2.75) is 20.3 Å². The monoisotopic (exact) mass is 190 g/mol. The van der Waals surface area contributed by atoms with Crippen molar-refractivity contribution < 1.29 is 0 Å². The van der Waals surface area contributed by atoms with Gasteiger partial charge in [0.2, 0.25) is 0 Å². The minimum Gasteiger partial charge on any atom is -0.320 e. The molecule has 1 heterocycles. The molecule has 74 valence electrons. The minimum absolute atomic E-state index is 0.0481. The number of aromatic amines is 1. The Labute approximate surface area is 82.5 Å². The molecule has 0 aliphatic heterocycles. The third-order valence-corrected chi connectivity index (χ3v) is 2.09. The van der Waals surface area contributed by atoms with Gasteiger partial charge in [0.05, 0.1) is 11.5 Å². The lowest BCUT2D eigenvalue weighted by Gasteiger charge is -1.95. The fourth-order valence-corrected chi connectivity index (χ4v) is 1.31. The highest BCUT2D eigenvalue weighted by atomic mass is 16.1. The summed E-state index contributed by atoms with van der Waals surface area (Å²) >= 11 is 0. The Morgan fingerprint density at radius 1 is 1.64 bits per heavy atom. The molecular weight excluding hydrogens is 176 g/mol. The third-order valence-electron chi connectivity index (χ3n) is 2.09. The van der Waals surface area contributed by atoms with Crippen molar-refractivity contribution in [1.82, 2.24) is 4.98 Å². The summed E-state index contributed by atoms with van der Waals surface area (Å²) in [5.41, 5.74) is 0.743. The van der Waals surface area contributed by atoms with Gasteiger partial charge in [-0.1, -0.05) is 13.0 Å². The van der Waals surface area contributed by atoms with Crippen molar-refractivity contribution in [3.8, 4) is 0 Å². The maximum absolute atomic E-state index is 11.5. The second-order valence-corrected chi connectivity index (χ2v) is 2.95. The normalized spacial score (nSPS) is 13.3. The van der Waals surface area contributed by atoms with E-state index in [4.69, 9.17) is 0 Å². The highest BCUT2D eigenvalue weighted by molar-refractivity contribution is 5.37. The standard InChI is InChI=1S/C11H14N2O/c1-4-8-6-9(5-2)11(14)13-10(8)7-12-3/h4,6-7H,3,5H2,1-2H3,(H,13,14)/b8-4-,10-7+. The van der Waals surface area contributed by atoms with E-state index in [0.29, 0.717) is 5.35 Å². The number of aromatic nitrogens is 1. The Hall–Kier alpha value is -1.64. The quantitative estimate of drug-likeness (QED) is 0.664. The number of aliphatic imine (C=N–C) groups is 1. The van der Waals surface area contributed by atoms with Gasteiger partial charge in [0.1, 0.15) is 0 Å². The maximum Gasteiger partial charge on any atom is 0.251 e. The zero-order valence-electron chi connectivity index (χ0n) is 8.50. The van der Waals surface area contributed by atoms with Crippen LogP contribution in [0, 0.1) is 0 Å². The topological polar surface area (TPSA) is 45.2 Å². The molecule has 0 aromatic carbocycles. The van der Waals surface area contributed by atoms with Gasteiger partial charge in [0, 0.05) is 5.56 Å². The molecule has 0 saturated heterocycles. The number of H-pyrrole nitrogens is 1. The van der Waals surface area contributed by atoms with E-state index in [1.54, 1.807) is 6.20 Å². The van der Waals surface area contributed by atoms with E-state index in [1.165, 1.54) is 0 Å². The van der Waals surface area contributed by atoms with Crippen LogP contribution in [0.25, 0.3) is 12.3 Å². The van der Waals surface area contributed by atoms with Gasteiger partial charge in [-0.3, -0.25) is 9.79 Å². The largest absolute Gasteiger partial charge is 0.320 e. The smallest absolute Gasteiger partial charge is 0.251 e. The second kappa shape index (κ2) is 4.56. The number of hydrogen-bond donors (Lipinski definition) is 1. The number of nitrogens with one attached hydrogen (secondary N) is 1. The summed E-state index contributed by atoms with van der Waals surface area (Å²) in [5.74, 6) is 0. The molecule has 1 N–H and O–H groups in total. The molecule has 3 heteroatoms. The van der Waals surface area contributed by atoms with Crippen LogP contribution in [0.1, 0.15) is 19.4 Å². The van der Waals surface area contributed by atoms with Crippen LogP contribution in [0.15, 0.2) is 15.9 Å². The molecule has 0 saturated carbocycles. The highest BCUT2D eigenvalue weighted by Gasteiger charge is 1.96. The zero-order valence-corrected chi connectivity index (χ0v) is 8.50. The molecule has 0 spiro atoms. The number of pyridine rings is 1. The first kappa shape index (κ1) is 10.4. The SMILES string of the molecule is C=N/C=c1/[nH]c(=O)c(CC)c/c1=C/C. The summed E-state index contributed by atoms with van der Waals surface area (Å²) in [6.45, 7) is 7.24. The number of hydrogen-bond acceptors (Lipinski definition) is 2. The Morgan fingerprint density at radius 2 is 2.36 bits per heavy atom. The van der Waals surface area contributed by atoms with Gasteiger partial charge in [0.15, 0.2) is 0 Å². The lowest BCUT2D eigenvalue weighted by atomic mass is 10.2. The van der Waals surface area contributed by atoms with E-state index in [1.807, 2.05) is 26.0 Å². The van der Waals surface area contributed by atoms with Crippen LogP contribution in [0.5, 0.6) is 0 Å². The molecule has 0 unspecified atom stereocenters. The highest BCUT2D eigenvalue weighted by Crippen LogP contribution is 1.83. The van der Waals surface area contributed by atoms with E-state index in [-0.39, 0.29) is 5.56 Å². The van der Waals surface area contributed by atoms with Crippen LogP contribution in [-0.2, 0) is 6.42 Å². The first-order chi connectivity index (χ1) is 6.72. The van der Waals surface area contributed by atoms with Gasteiger partial charge in [-0.2, -0.15) is 0 Å². The van der Waals surface area contributed by atoms with Gasteiger partial charge >= 0.3 is 0 Å². The van der Waals surface area contributed by atoms with Crippen LogP contribution in [0.4, 0.5) is 0 Å². The van der Waals surface area contributed by atoms with Crippen LogP contribution in [0.2, 0.25) is 0 Å². The Balaban J connectivity index is 3.65. The second-order valence-electron chi connectivity index (χ2n) is 2.95. The van der Waals surface area contributed by atoms with Crippen LogP contribution >= 0.6 is 0 Å². The van der Waals surface area contributed by atoms with E-state index in [9.17, 15) is 4.79 Å². The van der Waals surface area contributed by atoms with Crippen molar-refractivity contribution >= 4 is 19.0 Å². The van der Waals surface area contributed by atoms with Gasteiger partial charge < -0.3 is 4.98 Å². The average Bonchev–Trinajstić information content (AvgIpc) is 2.19. The summed E-state index contributed by atoms with van der Waals surface area (Å²) in [7, 11) is 0. The summed E-state index contributed by atoms with van der Waals surface area (Å²) in [6, 6.07) is 1.88. The van der Waals surface area contributed by atoms with Gasteiger partial charge in [-0.25, -0.2) is 0 Å². The molecule has 0 aliphatic rings. The van der Waals surface area contributed by atoms with Gasteiger partial charge in [0.25, 0.3) is 5.56 Å².